The SMILES string of the molecule is [2H]c1c(Cl)ccc(OC([2H])([2H])C(=O)O)c1Cl. The van der Waals surface area contributed by atoms with Gasteiger partial charge in [-0.05, 0) is 18.2 Å². The number of aliphatic carboxylic acids is 1. The molecule has 0 spiro atoms. The molecule has 0 saturated heterocycles. The second kappa shape index (κ2) is 4.35. The lowest BCUT2D eigenvalue weighted by molar-refractivity contribution is -0.139. The summed E-state index contributed by atoms with van der Waals surface area (Å²) >= 11 is 11.2. The molecule has 0 bridgehead atoms. The Morgan fingerprint density at radius 2 is 2.38 bits per heavy atom. The number of carbonyl (C=O) groups is 1. The topological polar surface area (TPSA) is 46.5 Å². The van der Waals surface area contributed by atoms with Crippen LogP contribution in [0.1, 0.15) is 4.11 Å². The maximum absolute atomic E-state index is 10.5. The quantitative estimate of drug-likeness (QED) is 0.857. The van der Waals surface area contributed by atoms with Crippen molar-refractivity contribution in [2.24, 2.45) is 0 Å². The fourth-order valence-electron chi connectivity index (χ4n) is 0.608. The Bertz CT molecular complexity index is 437. The average molecular weight is 224 g/mol. The van der Waals surface area contributed by atoms with E-state index in [1.165, 1.54) is 12.1 Å². The van der Waals surface area contributed by atoms with E-state index in [4.69, 9.17) is 32.4 Å². The minimum absolute atomic E-state index is 0.0632. The van der Waals surface area contributed by atoms with Crippen LogP contribution in [-0.2, 0) is 4.79 Å². The van der Waals surface area contributed by atoms with Crippen LogP contribution in [0, 0.1) is 0 Å². The summed E-state index contributed by atoms with van der Waals surface area (Å²) in [5.74, 6) is -2.03. The third-order valence-corrected chi connectivity index (χ3v) is 1.58. The summed E-state index contributed by atoms with van der Waals surface area (Å²) in [6, 6.07) is 2.22. The lowest BCUT2D eigenvalue weighted by Crippen LogP contribution is -2.09. The van der Waals surface area contributed by atoms with Crippen LogP contribution in [0.5, 0.6) is 5.75 Å². The molecule has 0 aliphatic heterocycles. The number of hydrogen-bond acceptors (Lipinski definition) is 2. The van der Waals surface area contributed by atoms with E-state index in [1.54, 1.807) is 0 Å². The van der Waals surface area contributed by atoms with Gasteiger partial charge in [0, 0.05) is 5.02 Å². The Kier molecular flexibility index (Phi) is 2.18. The molecule has 1 N–H and O–H groups in total. The Hall–Kier alpha value is -0.930. The van der Waals surface area contributed by atoms with Crippen molar-refractivity contribution < 1.29 is 18.8 Å². The van der Waals surface area contributed by atoms with E-state index < -0.39 is 12.5 Å². The molecule has 0 aromatic heterocycles. The van der Waals surface area contributed by atoms with Gasteiger partial charge in [0.05, 0.1) is 9.13 Å². The van der Waals surface area contributed by atoms with Crippen molar-refractivity contribution in [3.63, 3.8) is 0 Å². The van der Waals surface area contributed by atoms with Gasteiger partial charge in [0.1, 0.15) is 5.75 Å². The normalized spacial score (nSPS) is 14.2. The first-order valence-electron chi connectivity index (χ1n) is 4.62. The first-order valence-corrected chi connectivity index (χ1v) is 3.88. The summed E-state index contributed by atoms with van der Waals surface area (Å²) < 4.78 is 26.0. The number of benzene rings is 1. The summed E-state index contributed by atoms with van der Waals surface area (Å²) in [4.78, 5) is 10.5. The minimum Gasteiger partial charge on any atom is -0.480 e. The summed E-state index contributed by atoms with van der Waals surface area (Å²) in [5, 5.41) is 8.33. The fourth-order valence-corrected chi connectivity index (χ4v) is 1.02. The monoisotopic (exact) mass is 223 g/mol. The van der Waals surface area contributed by atoms with Crippen molar-refractivity contribution in [3.8, 4) is 5.75 Å². The first-order chi connectivity index (χ1) is 7.25. The minimum atomic E-state index is -2.91. The highest BCUT2D eigenvalue weighted by Crippen LogP contribution is 2.27. The van der Waals surface area contributed by atoms with E-state index in [-0.39, 0.29) is 21.8 Å². The highest BCUT2D eigenvalue weighted by Gasteiger charge is 2.04. The number of carboxylic acids is 1. The van der Waals surface area contributed by atoms with Crippen LogP contribution in [0.3, 0.4) is 0 Å². The molecular formula is C8H6Cl2O3. The Morgan fingerprint density at radius 1 is 1.69 bits per heavy atom. The van der Waals surface area contributed by atoms with E-state index in [0.717, 1.165) is 0 Å². The molecular weight excluding hydrogens is 215 g/mol. The molecule has 3 nitrogen and oxygen atoms in total. The van der Waals surface area contributed by atoms with E-state index in [1.807, 2.05) is 0 Å². The van der Waals surface area contributed by atoms with Gasteiger partial charge < -0.3 is 9.84 Å². The van der Waals surface area contributed by atoms with E-state index in [9.17, 15) is 4.79 Å². The highest BCUT2D eigenvalue weighted by atomic mass is 35.5. The predicted molar refractivity (Wildman–Crippen MR) is 49.6 cm³/mol. The molecule has 0 aliphatic carbocycles. The highest BCUT2D eigenvalue weighted by molar-refractivity contribution is 6.35. The van der Waals surface area contributed by atoms with E-state index in [2.05, 4.69) is 4.74 Å². The van der Waals surface area contributed by atoms with Gasteiger partial charge in [-0.1, -0.05) is 23.2 Å². The van der Waals surface area contributed by atoms with Gasteiger partial charge in [-0.15, -0.1) is 0 Å². The number of halogens is 2. The molecule has 5 heteroatoms. The molecule has 13 heavy (non-hydrogen) atoms. The van der Waals surface area contributed by atoms with Crippen molar-refractivity contribution in [3.05, 3.63) is 28.2 Å². The first kappa shape index (κ1) is 6.51. The predicted octanol–water partition coefficient (Wildman–Crippen LogP) is 2.46. The van der Waals surface area contributed by atoms with Gasteiger partial charge in [0.25, 0.3) is 0 Å². The van der Waals surface area contributed by atoms with E-state index in [0.29, 0.717) is 0 Å². The van der Waals surface area contributed by atoms with Gasteiger partial charge in [-0.2, -0.15) is 0 Å². The molecule has 0 heterocycles. The Labute approximate surface area is 89.1 Å². The molecule has 0 aliphatic rings. The molecule has 0 radical (unpaired) electrons. The van der Waals surface area contributed by atoms with Crippen molar-refractivity contribution in [2.75, 3.05) is 6.56 Å². The number of ether oxygens (including phenoxy) is 1. The maximum atomic E-state index is 10.5. The molecule has 0 unspecified atom stereocenters. The van der Waals surface area contributed by atoms with Crippen LogP contribution in [0.25, 0.3) is 0 Å². The van der Waals surface area contributed by atoms with Crippen molar-refractivity contribution >= 4 is 29.2 Å². The molecule has 1 rings (SSSR count). The van der Waals surface area contributed by atoms with Gasteiger partial charge >= 0.3 is 5.97 Å². The third kappa shape index (κ3) is 3.13. The summed E-state index contributed by atoms with van der Waals surface area (Å²) in [5.41, 5.74) is 0. The van der Waals surface area contributed by atoms with E-state index >= 15 is 0 Å². The van der Waals surface area contributed by atoms with Crippen LogP contribution in [0.15, 0.2) is 18.2 Å². The second-order valence-corrected chi connectivity index (χ2v) is 2.78. The second-order valence-electron chi connectivity index (χ2n) is 1.99. The molecule has 1 aromatic carbocycles. The molecule has 0 saturated carbocycles. The van der Waals surface area contributed by atoms with Crippen LogP contribution in [0.4, 0.5) is 0 Å². The van der Waals surface area contributed by atoms with Gasteiger partial charge in [-0.25, -0.2) is 4.79 Å². The summed E-state index contributed by atoms with van der Waals surface area (Å²) in [6.07, 6.45) is 0. The largest absolute Gasteiger partial charge is 0.480 e. The van der Waals surface area contributed by atoms with Gasteiger partial charge in [0.15, 0.2) is 6.56 Å². The molecule has 0 fully saturated rings. The summed E-state index contributed by atoms with van der Waals surface area (Å²) in [6.45, 7) is -2.91. The average Bonchev–Trinajstić information content (AvgIpc) is 2.19. The lowest BCUT2D eigenvalue weighted by Gasteiger charge is -2.04. The zero-order chi connectivity index (χ0) is 12.5. The summed E-state index contributed by atoms with van der Waals surface area (Å²) in [7, 11) is 0. The van der Waals surface area contributed by atoms with Crippen LogP contribution < -0.4 is 4.74 Å². The molecule has 70 valence electrons. The third-order valence-electron chi connectivity index (χ3n) is 1.07. The van der Waals surface area contributed by atoms with Crippen LogP contribution in [-0.4, -0.2) is 17.6 Å². The molecule has 0 amide bonds. The Morgan fingerprint density at radius 3 is 3.00 bits per heavy atom. The zero-order valence-electron chi connectivity index (χ0n) is 9.17. The standard InChI is InChI=1S/C8H6Cl2O3/c9-5-1-2-7(6(10)3-5)13-4-8(11)12/h1-3H,4H2,(H,11,12)/i3D,4D2. The van der Waals surface area contributed by atoms with Crippen molar-refractivity contribution in [2.45, 2.75) is 0 Å². The van der Waals surface area contributed by atoms with Gasteiger partial charge in [0.2, 0.25) is 0 Å². The molecule has 0 atom stereocenters. The van der Waals surface area contributed by atoms with Crippen molar-refractivity contribution in [1.29, 1.82) is 0 Å². The number of carboxylic acid groups (broad SMARTS) is 1. The smallest absolute Gasteiger partial charge is 0.341 e. The zero-order valence-corrected chi connectivity index (χ0v) is 7.69. The van der Waals surface area contributed by atoms with Crippen LogP contribution in [0.2, 0.25) is 10.0 Å². The number of rotatable bonds is 3. The maximum Gasteiger partial charge on any atom is 0.341 e. The Balaban J connectivity index is 3.08. The van der Waals surface area contributed by atoms with Gasteiger partial charge in [-0.3, -0.25) is 0 Å². The fraction of sp³-hybridized carbons (Fsp3) is 0.125. The van der Waals surface area contributed by atoms with Crippen molar-refractivity contribution in [1.82, 2.24) is 0 Å². The van der Waals surface area contributed by atoms with Crippen LogP contribution >= 0.6 is 23.2 Å². The molecule has 1 aromatic rings. The lowest BCUT2D eigenvalue weighted by atomic mass is 10.3. The number of hydrogen-bond donors (Lipinski definition) is 1.